The number of rotatable bonds is 5. The predicted octanol–water partition coefficient (Wildman–Crippen LogP) is 4.68. The molecule has 5 nitrogen and oxygen atoms in total. The van der Waals surface area contributed by atoms with Crippen molar-refractivity contribution in [2.45, 2.75) is 23.8 Å². The van der Waals surface area contributed by atoms with Gasteiger partial charge < -0.3 is 10.3 Å². The SMILES string of the molecule is CCC(Sc1nc2ccccc2[nH]1)C(=O)Nc1nc2ccccc2s1. The third-order valence-electron chi connectivity index (χ3n) is 3.81. The van der Waals surface area contributed by atoms with Crippen LogP contribution in [0.3, 0.4) is 0 Å². The molecular formula is C18H16N4OS2. The Morgan fingerprint density at radius 1 is 1.16 bits per heavy atom. The van der Waals surface area contributed by atoms with Crippen molar-refractivity contribution in [3.05, 3.63) is 48.5 Å². The minimum atomic E-state index is -0.229. The summed E-state index contributed by atoms with van der Waals surface area (Å²) in [5, 5.41) is 4.10. The zero-order chi connectivity index (χ0) is 17.2. The predicted molar refractivity (Wildman–Crippen MR) is 104 cm³/mol. The number of amides is 1. The van der Waals surface area contributed by atoms with Gasteiger partial charge in [-0.25, -0.2) is 9.97 Å². The highest BCUT2D eigenvalue weighted by Crippen LogP contribution is 2.29. The third-order valence-corrected chi connectivity index (χ3v) is 6.01. The van der Waals surface area contributed by atoms with Crippen molar-refractivity contribution < 1.29 is 4.79 Å². The van der Waals surface area contributed by atoms with E-state index in [-0.39, 0.29) is 11.2 Å². The Morgan fingerprint density at radius 2 is 1.92 bits per heavy atom. The van der Waals surface area contributed by atoms with Gasteiger partial charge in [-0.15, -0.1) is 0 Å². The monoisotopic (exact) mass is 368 g/mol. The van der Waals surface area contributed by atoms with E-state index in [2.05, 4.69) is 20.3 Å². The Kier molecular flexibility index (Phi) is 4.42. The molecule has 4 aromatic rings. The molecule has 0 aliphatic carbocycles. The molecule has 1 atom stereocenters. The lowest BCUT2D eigenvalue weighted by Crippen LogP contribution is -2.24. The van der Waals surface area contributed by atoms with Crippen LogP contribution in [0.15, 0.2) is 53.7 Å². The lowest BCUT2D eigenvalue weighted by Gasteiger charge is -2.11. The molecule has 1 amide bonds. The second-order valence-electron chi connectivity index (χ2n) is 5.55. The molecule has 0 aliphatic rings. The number of thioether (sulfide) groups is 1. The van der Waals surface area contributed by atoms with Gasteiger partial charge in [-0.1, -0.05) is 54.3 Å². The van der Waals surface area contributed by atoms with Gasteiger partial charge in [0.15, 0.2) is 10.3 Å². The first-order valence-electron chi connectivity index (χ1n) is 8.01. The Hall–Kier alpha value is -2.38. The summed E-state index contributed by atoms with van der Waals surface area (Å²) in [7, 11) is 0. The van der Waals surface area contributed by atoms with E-state index >= 15 is 0 Å². The third kappa shape index (κ3) is 3.38. The molecule has 0 saturated heterocycles. The first-order chi connectivity index (χ1) is 12.2. The van der Waals surface area contributed by atoms with Crippen molar-refractivity contribution in [1.29, 1.82) is 0 Å². The number of aromatic nitrogens is 3. The summed E-state index contributed by atoms with van der Waals surface area (Å²) in [5.74, 6) is -0.0491. The van der Waals surface area contributed by atoms with Gasteiger partial charge in [-0.3, -0.25) is 4.79 Å². The van der Waals surface area contributed by atoms with E-state index in [4.69, 9.17) is 0 Å². The van der Waals surface area contributed by atoms with E-state index in [1.807, 2.05) is 55.5 Å². The minimum Gasteiger partial charge on any atom is -0.333 e. The highest BCUT2D eigenvalue weighted by atomic mass is 32.2. The molecule has 0 spiro atoms. The molecule has 1 unspecified atom stereocenters. The molecule has 2 heterocycles. The van der Waals surface area contributed by atoms with Gasteiger partial charge >= 0.3 is 0 Å². The summed E-state index contributed by atoms with van der Waals surface area (Å²) in [6.45, 7) is 2.00. The smallest absolute Gasteiger partial charge is 0.239 e. The van der Waals surface area contributed by atoms with Crippen LogP contribution in [0.4, 0.5) is 5.13 Å². The van der Waals surface area contributed by atoms with Gasteiger partial charge in [0.2, 0.25) is 5.91 Å². The first-order valence-corrected chi connectivity index (χ1v) is 9.70. The molecule has 25 heavy (non-hydrogen) atoms. The molecule has 2 N–H and O–H groups in total. The number of para-hydroxylation sites is 3. The van der Waals surface area contributed by atoms with Crippen LogP contribution in [0, 0.1) is 0 Å². The summed E-state index contributed by atoms with van der Waals surface area (Å²) in [5.41, 5.74) is 2.79. The van der Waals surface area contributed by atoms with Crippen molar-refractivity contribution >= 4 is 55.4 Å². The number of H-pyrrole nitrogens is 1. The van der Waals surface area contributed by atoms with Crippen LogP contribution in [0.2, 0.25) is 0 Å². The zero-order valence-electron chi connectivity index (χ0n) is 13.5. The van der Waals surface area contributed by atoms with Crippen molar-refractivity contribution in [3.63, 3.8) is 0 Å². The molecule has 7 heteroatoms. The topological polar surface area (TPSA) is 70.7 Å². The van der Waals surface area contributed by atoms with E-state index in [9.17, 15) is 4.79 Å². The van der Waals surface area contributed by atoms with Gasteiger partial charge in [0, 0.05) is 0 Å². The van der Waals surface area contributed by atoms with Crippen LogP contribution in [0.1, 0.15) is 13.3 Å². The van der Waals surface area contributed by atoms with Crippen molar-refractivity contribution in [2.24, 2.45) is 0 Å². The summed E-state index contributed by atoms with van der Waals surface area (Å²) in [6.07, 6.45) is 0.707. The van der Waals surface area contributed by atoms with E-state index < -0.39 is 0 Å². The van der Waals surface area contributed by atoms with Crippen LogP contribution in [0.5, 0.6) is 0 Å². The number of benzene rings is 2. The standard InChI is InChI=1S/C18H16N4OS2/c1-2-14(24-17-19-11-7-3-4-8-12(11)20-17)16(23)22-18-21-13-9-5-6-10-15(13)25-18/h3-10,14H,2H2,1H3,(H,19,20)(H,21,22,23). The number of imidazole rings is 1. The lowest BCUT2D eigenvalue weighted by atomic mass is 10.3. The number of nitrogens with one attached hydrogen (secondary N) is 2. The molecule has 0 fully saturated rings. The zero-order valence-corrected chi connectivity index (χ0v) is 15.2. The average molecular weight is 368 g/mol. The molecule has 4 rings (SSSR count). The quantitative estimate of drug-likeness (QED) is 0.502. The summed E-state index contributed by atoms with van der Waals surface area (Å²) in [6, 6.07) is 15.7. The fourth-order valence-corrected chi connectivity index (χ4v) is 4.34. The Morgan fingerprint density at radius 3 is 2.68 bits per heavy atom. The lowest BCUT2D eigenvalue weighted by molar-refractivity contribution is -0.115. The molecule has 0 bridgehead atoms. The highest BCUT2D eigenvalue weighted by molar-refractivity contribution is 8.00. The van der Waals surface area contributed by atoms with E-state index in [0.717, 1.165) is 26.4 Å². The maximum absolute atomic E-state index is 12.6. The van der Waals surface area contributed by atoms with Gasteiger partial charge in [-0.05, 0) is 30.7 Å². The minimum absolute atomic E-state index is 0.0491. The number of hydrogen-bond acceptors (Lipinski definition) is 5. The number of aromatic amines is 1. The number of fused-ring (bicyclic) bond motifs is 2. The number of hydrogen-bond donors (Lipinski definition) is 2. The van der Waals surface area contributed by atoms with Crippen LogP contribution >= 0.6 is 23.1 Å². The van der Waals surface area contributed by atoms with Gasteiger partial charge in [0.1, 0.15) is 0 Å². The average Bonchev–Trinajstić information content (AvgIpc) is 3.21. The van der Waals surface area contributed by atoms with Crippen molar-refractivity contribution in [1.82, 2.24) is 15.0 Å². The molecule has 2 aromatic heterocycles. The maximum Gasteiger partial charge on any atom is 0.239 e. The number of anilines is 1. The number of carbonyl (C=O) groups excluding carboxylic acids is 1. The second kappa shape index (κ2) is 6.85. The normalized spacial score (nSPS) is 12.5. The maximum atomic E-state index is 12.6. The second-order valence-corrected chi connectivity index (χ2v) is 7.77. The fourth-order valence-electron chi connectivity index (χ4n) is 2.55. The Balaban J connectivity index is 1.50. The van der Waals surface area contributed by atoms with Crippen LogP contribution in [-0.2, 0) is 4.79 Å². The molecule has 2 aromatic carbocycles. The Bertz CT molecular complexity index is 974. The highest BCUT2D eigenvalue weighted by Gasteiger charge is 2.21. The van der Waals surface area contributed by atoms with Crippen molar-refractivity contribution in [3.8, 4) is 0 Å². The van der Waals surface area contributed by atoms with E-state index in [1.54, 1.807) is 0 Å². The molecular weight excluding hydrogens is 352 g/mol. The largest absolute Gasteiger partial charge is 0.333 e. The van der Waals surface area contributed by atoms with Crippen molar-refractivity contribution in [2.75, 3.05) is 5.32 Å². The van der Waals surface area contributed by atoms with Gasteiger partial charge in [0.05, 0.1) is 26.5 Å². The Labute approximate surface area is 152 Å². The van der Waals surface area contributed by atoms with Gasteiger partial charge in [0.25, 0.3) is 0 Å². The summed E-state index contributed by atoms with van der Waals surface area (Å²) < 4.78 is 1.07. The fraction of sp³-hybridized carbons (Fsp3) is 0.167. The number of thiazole rings is 1. The number of carbonyl (C=O) groups is 1. The first kappa shape index (κ1) is 16.1. The van der Waals surface area contributed by atoms with Gasteiger partial charge in [-0.2, -0.15) is 0 Å². The van der Waals surface area contributed by atoms with E-state index in [1.165, 1.54) is 23.1 Å². The molecule has 126 valence electrons. The molecule has 0 aliphatic heterocycles. The molecule has 0 saturated carbocycles. The van der Waals surface area contributed by atoms with Crippen LogP contribution < -0.4 is 5.32 Å². The van der Waals surface area contributed by atoms with Crippen LogP contribution in [-0.4, -0.2) is 26.1 Å². The van der Waals surface area contributed by atoms with Crippen LogP contribution in [0.25, 0.3) is 21.3 Å². The number of nitrogens with zero attached hydrogens (tertiary/aromatic N) is 2. The van der Waals surface area contributed by atoms with E-state index in [0.29, 0.717) is 11.6 Å². The molecule has 0 radical (unpaired) electrons. The summed E-state index contributed by atoms with van der Waals surface area (Å²) >= 11 is 2.93. The summed E-state index contributed by atoms with van der Waals surface area (Å²) in [4.78, 5) is 24.9.